The summed E-state index contributed by atoms with van der Waals surface area (Å²) >= 11 is 0. The third-order valence-electron chi connectivity index (χ3n) is 3.95. The van der Waals surface area contributed by atoms with Gasteiger partial charge in [0.15, 0.2) is 7.20 Å². The van der Waals surface area contributed by atoms with Crippen LogP contribution in [0, 0.1) is 5.92 Å². The van der Waals surface area contributed by atoms with E-state index >= 15 is 0 Å². The molecular formula is C19H36N2O8. The molecule has 0 fully saturated rings. The third-order valence-corrected chi connectivity index (χ3v) is 3.95. The normalized spacial score (nSPS) is 12.3. The first-order valence-electron chi connectivity index (χ1n) is 10.4. The molecule has 0 saturated carbocycles. The average Bonchev–Trinajstić information content (AvgIpc) is 2.71. The number of nitrogens with one attached hydrogen (secondary N) is 2. The highest BCUT2D eigenvalue weighted by atomic mass is 16.5. The zero-order chi connectivity index (χ0) is 22.6. The molecule has 0 rings (SSSR count). The Morgan fingerprint density at radius 2 is 1.66 bits per heavy atom. The van der Waals surface area contributed by atoms with Gasteiger partial charge < -0.3 is 24.3 Å². The molecule has 0 unspecified atom stereocenters. The summed E-state index contributed by atoms with van der Waals surface area (Å²) in [6.07, 6.45) is 2.91. The van der Waals surface area contributed by atoms with E-state index in [1.807, 2.05) is 0 Å². The Kier molecular flexibility index (Phi) is 17.3. The van der Waals surface area contributed by atoms with E-state index in [4.69, 9.17) is 25.6 Å². The maximum atomic E-state index is 11.6. The van der Waals surface area contributed by atoms with E-state index in [2.05, 4.69) is 5.32 Å². The Bertz CT molecular complexity index is 479. The van der Waals surface area contributed by atoms with Crippen molar-refractivity contribution in [1.29, 1.82) is 0 Å². The quantitative estimate of drug-likeness (QED) is 0.146. The predicted octanol–water partition coefficient (Wildman–Crippen LogP) is 0.460. The van der Waals surface area contributed by atoms with Gasteiger partial charge in [-0.05, 0) is 19.3 Å². The number of carbonyl (C=O) groups is 3. The van der Waals surface area contributed by atoms with Crippen LogP contribution in [-0.4, -0.2) is 82.7 Å². The number of ether oxygens (including phenoxy) is 4. The lowest BCUT2D eigenvalue weighted by atomic mass is 10.0. The van der Waals surface area contributed by atoms with Crippen LogP contribution in [0.4, 0.5) is 0 Å². The molecule has 10 heteroatoms. The number of carbonyl (C=O) groups excluding carboxylic acids is 3. The van der Waals surface area contributed by atoms with Gasteiger partial charge in [0.05, 0.1) is 26.4 Å². The Morgan fingerprint density at radius 3 is 2.38 bits per heavy atom. The molecule has 10 nitrogen and oxygen atoms in total. The number of rotatable bonds is 20. The Labute approximate surface area is 174 Å². The summed E-state index contributed by atoms with van der Waals surface area (Å²) in [6.45, 7) is 4.07. The number of unbranched alkanes of at least 4 members (excludes halogenated alkanes) is 1. The summed E-state index contributed by atoms with van der Waals surface area (Å²) in [5.74, 6) is -1.28. The number of Topliss-reactive ketones (excluding diaryl/α,β-unsaturated/α-hetero) is 1. The van der Waals surface area contributed by atoms with Crippen LogP contribution in [0.2, 0.25) is 1.41 Å². The zero-order valence-corrected chi connectivity index (χ0v) is 17.5. The van der Waals surface area contributed by atoms with Gasteiger partial charge in [-0.3, -0.25) is 19.6 Å². The van der Waals surface area contributed by atoms with Crippen molar-refractivity contribution in [1.82, 2.24) is 10.8 Å². The predicted molar refractivity (Wildman–Crippen MR) is 105 cm³/mol. The molecular weight excluding hydrogens is 384 g/mol. The summed E-state index contributed by atoms with van der Waals surface area (Å²) in [7, 11) is 1.57. The molecule has 0 bridgehead atoms. The molecule has 0 radical (unpaired) electrons. The minimum Gasteiger partial charge on any atom is -0.382 e. The lowest BCUT2D eigenvalue weighted by Crippen LogP contribution is -2.29. The Balaban J connectivity index is 3.41. The lowest BCUT2D eigenvalue weighted by molar-refractivity contribution is -0.133. The molecule has 0 aromatic rings. The van der Waals surface area contributed by atoms with E-state index in [1.165, 1.54) is 0 Å². The van der Waals surface area contributed by atoms with Crippen molar-refractivity contribution in [3.05, 3.63) is 0 Å². The van der Waals surface area contributed by atoms with Gasteiger partial charge in [-0.2, -0.15) is 0 Å². The lowest BCUT2D eigenvalue weighted by Gasteiger charge is -2.09. The summed E-state index contributed by atoms with van der Waals surface area (Å²) in [5, 5.41) is 11.5. The minimum absolute atomic E-state index is 0.0236. The SMILES string of the molecule is [3H]N(O)C(=O)[C@@H](C)CCCCNC(=O)COCCOCCCC(=O)COCCOC. The Morgan fingerprint density at radius 1 is 0.966 bits per heavy atom. The highest BCUT2D eigenvalue weighted by Gasteiger charge is 2.10. The van der Waals surface area contributed by atoms with Crippen LogP contribution in [0.5, 0.6) is 0 Å². The second kappa shape index (κ2) is 19.7. The van der Waals surface area contributed by atoms with Gasteiger partial charge in [0, 0.05) is 32.6 Å². The standard InChI is InChI=1S/C19H36N2O8/c1-16(19(24)21-25)6-3-4-8-20-18(23)15-29-13-12-27-9-5-7-17(22)14-28-11-10-26-2/h16,25H,3-15H2,1-2H3,(H,20,23)(H,21,24)/t16-/m0/s1/i/hT. The van der Waals surface area contributed by atoms with Crippen molar-refractivity contribution in [3.8, 4) is 0 Å². The highest BCUT2D eigenvalue weighted by molar-refractivity contribution is 5.79. The molecule has 0 aliphatic heterocycles. The first kappa shape index (κ1) is 25.4. The van der Waals surface area contributed by atoms with Crippen LogP contribution in [0.25, 0.3) is 0 Å². The molecule has 170 valence electrons. The maximum Gasteiger partial charge on any atom is 0.246 e. The van der Waals surface area contributed by atoms with E-state index in [9.17, 15) is 14.4 Å². The first-order chi connectivity index (χ1) is 14.4. The number of hydroxylamine groups is 1. The van der Waals surface area contributed by atoms with Gasteiger partial charge in [-0.25, -0.2) is 5.47 Å². The van der Waals surface area contributed by atoms with Gasteiger partial charge in [0.25, 0.3) is 0 Å². The number of hydrogen-bond donors (Lipinski definition) is 3. The largest absolute Gasteiger partial charge is 0.382 e. The minimum atomic E-state index is -0.645. The molecule has 0 saturated heterocycles. The van der Waals surface area contributed by atoms with E-state index in [1.54, 1.807) is 14.0 Å². The molecule has 2 amide bonds. The van der Waals surface area contributed by atoms with Crippen molar-refractivity contribution in [3.63, 3.8) is 0 Å². The van der Waals surface area contributed by atoms with E-state index < -0.39 is 11.8 Å². The number of hydrogen-bond acceptors (Lipinski definition) is 8. The average molecular weight is 423 g/mol. The molecule has 1 atom stereocenters. The maximum absolute atomic E-state index is 11.6. The zero-order valence-electron chi connectivity index (χ0n) is 18.5. The van der Waals surface area contributed by atoms with Crippen molar-refractivity contribution >= 4 is 17.6 Å². The van der Waals surface area contributed by atoms with Gasteiger partial charge in [-0.1, -0.05) is 13.3 Å². The van der Waals surface area contributed by atoms with Crippen molar-refractivity contribution < 1.29 is 40.0 Å². The molecule has 0 aliphatic rings. The molecule has 0 spiro atoms. The van der Waals surface area contributed by atoms with Crippen LogP contribution in [0.15, 0.2) is 0 Å². The summed E-state index contributed by atoms with van der Waals surface area (Å²) in [5.41, 5.74) is -0.145. The number of amides is 2. The van der Waals surface area contributed by atoms with E-state index in [0.717, 1.165) is 0 Å². The van der Waals surface area contributed by atoms with Crippen LogP contribution < -0.4 is 10.8 Å². The fourth-order valence-electron chi connectivity index (χ4n) is 2.23. The van der Waals surface area contributed by atoms with Crippen molar-refractivity contribution in [2.24, 2.45) is 5.92 Å². The van der Waals surface area contributed by atoms with Crippen LogP contribution in [-0.2, 0) is 33.3 Å². The topological polar surface area (TPSA) is 132 Å². The summed E-state index contributed by atoms with van der Waals surface area (Å²) < 4.78 is 27.3. The Hall–Kier alpha value is -1.59. The van der Waals surface area contributed by atoms with Crippen molar-refractivity contribution in [2.45, 2.75) is 39.0 Å². The summed E-state index contributed by atoms with van der Waals surface area (Å²) in [6, 6.07) is 0. The van der Waals surface area contributed by atoms with Gasteiger partial charge >= 0.3 is 0 Å². The number of ketones is 1. The number of methoxy groups -OCH3 is 1. The second-order valence-electron chi connectivity index (χ2n) is 6.54. The van der Waals surface area contributed by atoms with E-state index in [-0.39, 0.29) is 37.0 Å². The third kappa shape index (κ3) is 18.2. The van der Waals surface area contributed by atoms with Crippen LogP contribution in [0.1, 0.15) is 39.0 Å². The molecule has 3 N–H and O–H groups in total. The molecule has 0 aromatic carbocycles. The molecule has 29 heavy (non-hydrogen) atoms. The van der Waals surface area contributed by atoms with Crippen LogP contribution >= 0.6 is 0 Å². The van der Waals surface area contributed by atoms with Gasteiger partial charge in [0.2, 0.25) is 11.8 Å². The molecule has 0 heterocycles. The smallest absolute Gasteiger partial charge is 0.246 e. The van der Waals surface area contributed by atoms with Crippen molar-refractivity contribution in [2.75, 3.05) is 59.9 Å². The fraction of sp³-hybridized carbons (Fsp3) is 0.842. The molecule has 0 aliphatic carbocycles. The first-order valence-corrected chi connectivity index (χ1v) is 9.90. The van der Waals surface area contributed by atoms with E-state index in [0.29, 0.717) is 65.1 Å². The summed E-state index contributed by atoms with van der Waals surface area (Å²) in [4.78, 5) is 34.4. The highest BCUT2D eigenvalue weighted by Crippen LogP contribution is 2.06. The van der Waals surface area contributed by atoms with Crippen LogP contribution in [0.3, 0.4) is 0 Å². The monoisotopic (exact) mass is 422 g/mol. The molecule has 0 aromatic heterocycles. The second-order valence-corrected chi connectivity index (χ2v) is 6.54. The van der Waals surface area contributed by atoms with Gasteiger partial charge in [0.1, 0.15) is 13.2 Å². The van der Waals surface area contributed by atoms with Gasteiger partial charge in [-0.15, -0.1) is 0 Å². The fourth-order valence-corrected chi connectivity index (χ4v) is 2.23.